The van der Waals surface area contributed by atoms with Crippen LogP contribution in [0.15, 0.2) is 18.2 Å². The van der Waals surface area contributed by atoms with Gasteiger partial charge in [0, 0.05) is 31.9 Å². The summed E-state index contributed by atoms with van der Waals surface area (Å²) in [6, 6.07) is 4.96. The Labute approximate surface area is 187 Å². The van der Waals surface area contributed by atoms with E-state index < -0.39 is 0 Å². The zero-order chi connectivity index (χ0) is 22.7. The maximum atomic E-state index is 13.3. The standard InChI is InChI=1S/C23H30N2O7/c1-25-18-5-4-16(12-21(26)29-2)32-20(18)13-31-19-6-3-15(11-17(19)23(25)28)24-22(27)14-7-9-30-10-8-14/h3,6,11,14,16,18,20H,4-5,7-10,12-13H2,1-2H3,(H,24,27)/t16-,18+,20-/m0/s1. The van der Waals surface area contributed by atoms with Gasteiger partial charge in [-0.3, -0.25) is 14.4 Å². The van der Waals surface area contributed by atoms with Crippen LogP contribution in [-0.4, -0.2) is 74.9 Å². The molecule has 0 spiro atoms. The molecule has 9 nitrogen and oxygen atoms in total. The van der Waals surface area contributed by atoms with E-state index in [4.69, 9.17) is 18.9 Å². The molecule has 2 amide bonds. The number of nitrogens with zero attached hydrogens (tertiary/aromatic N) is 1. The normalized spacial score (nSPS) is 26.1. The van der Waals surface area contributed by atoms with Crippen LogP contribution in [0.2, 0.25) is 0 Å². The van der Waals surface area contributed by atoms with Crippen molar-refractivity contribution in [2.24, 2.45) is 5.92 Å². The molecule has 3 atom stereocenters. The molecule has 0 saturated carbocycles. The summed E-state index contributed by atoms with van der Waals surface area (Å²) in [4.78, 5) is 39.2. The number of rotatable bonds is 4. The van der Waals surface area contributed by atoms with Crippen LogP contribution in [0.4, 0.5) is 5.69 Å². The summed E-state index contributed by atoms with van der Waals surface area (Å²) < 4.78 is 22.1. The van der Waals surface area contributed by atoms with Crippen molar-refractivity contribution in [3.63, 3.8) is 0 Å². The zero-order valence-electron chi connectivity index (χ0n) is 18.5. The number of fused-ring (bicyclic) bond motifs is 2. The summed E-state index contributed by atoms with van der Waals surface area (Å²) in [5.74, 6) is -0.197. The van der Waals surface area contributed by atoms with Crippen LogP contribution in [0.1, 0.15) is 42.5 Å². The largest absolute Gasteiger partial charge is 0.490 e. The van der Waals surface area contributed by atoms with Gasteiger partial charge in [0.25, 0.3) is 5.91 Å². The first-order valence-electron chi connectivity index (χ1n) is 11.1. The van der Waals surface area contributed by atoms with Crippen molar-refractivity contribution >= 4 is 23.5 Å². The van der Waals surface area contributed by atoms with E-state index in [9.17, 15) is 14.4 Å². The van der Waals surface area contributed by atoms with Crippen LogP contribution < -0.4 is 10.1 Å². The van der Waals surface area contributed by atoms with Gasteiger partial charge in [0.15, 0.2) is 0 Å². The van der Waals surface area contributed by atoms with Crippen LogP contribution in [-0.2, 0) is 23.8 Å². The Morgan fingerprint density at radius 2 is 1.97 bits per heavy atom. The molecule has 1 aromatic rings. The lowest BCUT2D eigenvalue weighted by Gasteiger charge is -2.42. The fourth-order valence-corrected chi connectivity index (χ4v) is 4.58. The number of anilines is 1. The molecule has 0 radical (unpaired) electrons. The molecule has 2 saturated heterocycles. The number of nitrogens with one attached hydrogen (secondary N) is 1. The Bertz CT molecular complexity index is 868. The van der Waals surface area contributed by atoms with Crippen molar-refractivity contribution < 1.29 is 33.3 Å². The fourth-order valence-electron chi connectivity index (χ4n) is 4.58. The number of methoxy groups -OCH3 is 1. The van der Waals surface area contributed by atoms with Crippen LogP contribution in [0, 0.1) is 5.92 Å². The Morgan fingerprint density at radius 3 is 2.72 bits per heavy atom. The molecule has 174 valence electrons. The number of carbonyl (C=O) groups excluding carboxylic acids is 3. The van der Waals surface area contributed by atoms with Crippen molar-refractivity contribution in [3.05, 3.63) is 23.8 Å². The first-order valence-corrected chi connectivity index (χ1v) is 11.1. The van der Waals surface area contributed by atoms with Crippen molar-refractivity contribution in [1.82, 2.24) is 4.90 Å². The first kappa shape index (κ1) is 22.5. The van der Waals surface area contributed by atoms with Gasteiger partial charge in [0.05, 0.1) is 31.2 Å². The summed E-state index contributed by atoms with van der Waals surface area (Å²) in [5, 5.41) is 2.93. The Balaban J connectivity index is 1.48. The second-order valence-electron chi connectivity index (χ2n) is 8.54. The van der Waals surface area contributed by atoms with Crippen LogP contribution in [0.25, 0.3) is 0 Å². The average molecular weight is 447 g/mol. The number of esters is 1. The minimum atomic E-state index is -0.339. The highest BCUT2D eigenvalue weighted by molar-refractivity contribution is 6.00. The highest BCUT2D eigenvalue weighted by Gasteiger charge is 2.39. The van der Waals surface area contributed by atoms with E-state index >= 15 is 0 Å². The van der Waals surface area contributed by atoms with E-state index in [2.05, 4.69) is 5.32 Å². The second-order valence-corrected chi connectivity index (χ2v) is 8.54. The van der Waals surface area contributed by atoms with E-state index in [1.165, 1.54) is 7.11 Å². The smallest absolute Gasteiger partial charge is 0.308 e. The number of hydrogen-bond acceptors (Lipinski definition) is 7. The van der Waals surface area contributed by atoms with Crippen LogP contribution in [0.3, 0.4) is 0 Å². The van der Waals surface area contributed by atoms with Crippen molar-refractivity contribution in [2.75, 3.05) is 39.3 Å². The maximum Gasteiger partial charge on any atom is 0.308 e. The number of likely N-dealkylation sites (N-methyl/N-ethyl adjacent to an activating group) is 1. The number of amides is 2. The van der Waals surface area contributed by atoms with Crippen LogP contribution >= 0.6 is 0 Å². The number of ether oxygens (including phenoxy) is 4. The predicted octanol–water partition coefficient (Wildman–Crippen LogP) is 2.00. The third-order valence-electron chi connectivity index (χ3n) is 6.49. The molecule has 2 fully saturated rings. The molecule has 1 N–H and O–H groups in total. The lowest BCUT2D eigenvalue weighted by molar-refractivity contribution is -0.151. The lowest BCUT2D eigenvalue weighted by Crippen LogP contribution is -2.53. The Hall–Kier alpha value is -2.65. The predicted molar refractivity (Wildman–Crippen MR) is 115 cm³/mol. The fraction of sp³-hybridized carbons (Fsp3) is 0.609. The molecule has 3 aliphatic heterocycles. The Kier molecular flexibility index (Phi) is 6.95. The monoisotopic (exact) mass is 446 g/mol. The molecule has 4 rings (SSSR count). The highest BCUT2D eigenvalue weighted by atomic mass is 16.6. The van der Waals surface area contributed by atoms with E-state index in [0.29, 0.717) is 55.9 Å². The van der Waals surface area contributed by atoms with Gasteiger partial charge in [-0.1, -0.05) is 0 Å². The molecule has 9 heteroatoms. The molecule has 0 aromatic heterocycles. The molecule has 0 bridgehead atoms. The minimum absolute atomic E-state index is 0.0572. The molecule has 3 aliphatic rings. The molecule has 0 unspecified atom stereocenters. The Morgan fingerprint density at radius 1 is 1.19 bits per heavy atom. The van der Waals surface area contributed by atoms with Crippen molar-refractivity contribution in [1.29, 1.82) is 0 Å². The number of benzene rings is 1. The summed E-state index contributed by atoms with van der Waals surface area (Å²) in [6.45, 7) is 1.44. The second kappa shape index (κ2) is 9.87. The molecule has 3 heterocycles. The summed E-state index contributed by atoms with van der Waals surface area (Å²) in [7, 11) is 3.11. The molecule has 32 heavy (non-hydrogen) atoms. The summed E-state index contributed by atoms with van der Waals surface area (Å²) >= 11 is 0. The lowest BCUT2D eigenvalue weighted by atomic mass is 9.94. The number of hydrogen-bond donors (Lipinski definition) is 1. The van der Waals surface area contributed by atoms with Gasteiger partial charge in [-0.05, 0) is 43.9 Å². The summed E-state index contributed by atoms with van der Waals surface area (Å²) in [6.07, 6.45) is 2.34. The average Bonchev–Trinajstić information content (AvgIpc) is 2.82. The van der Waals surface area contributed by atoms with Gasteiger partial charge >= 0.3 is 5.97 Å². The van der Waals surface area contributed by atoms with Gasteiger partial charge in [-0.15, -0.1) is 0 Å². The van der Waals surface area contributed by atoms with Gasteiger partial charge in [-0.2, -0.15) is 0 Å². The van der Waals surface area contributed by atoms with E-state index in [-0.39, 0.29) is 55.0 Å². The first-order chi connectivity index (χ1) is 15.5. The zero-order valence-corrected chi connectivity index (χ0v) is 18.5. The SMILES string of the molecule is COC(=O)C[C@@H]1CC[C@@H]2[C@H](COc3ccc(NC(=O)C4CCOCC4)cc3C(=O)N2C)O1. The van der Waals surface area contributed by atoms with Crippen molar-refractivity contribution in [2.45, 2.75) is 50.4 Å². The maximum absolute atomic E-state index is 13.3. The van der Waals surface area contributed by atoms with Gasteiger partial charge in [0.2, 0.25) is 5.91 Å². The van der Waals surface area contributed by atoms with Gasteiger partial charge in [0.1, 0.15) is 18.5 Å². The highest BCUT2D eigenvalue weighted by Crippen LogP contribution is 2.32. The van der Waals surface area contributed by atoms with E-state index in [1.807, 2.05) is 0 Å². The molecular formula is C23H30N2O7. The number of carbonyl (C=O) groups is 3. The summed E-state index contributed by atoms with van der Waals surface area (Å²) in [5.41, 5.74) is 0.980. The van der Waals surface area contributed by atoms with Gasteiger partial charge in [-0.25, -0.2) is 0 Å². The third-order valence-corrected chi connectivity index (χ3v) is 6.49. The quantitative estimate of drug-likeness (QED) is 0.706. The van der Waals surface area contributed by atoms with Gasteiger partial charge < -0.3 is 29.2 Å². The molecule has 1 aromatic carbocycles. The van der Waals surface area contributed by atoms with E-state index in [0.717, 1.165) is 0 Å². The van der Waals surface area contributed by atoms with Crippen molar-refractivity contribution in [3.8, 4) is 5.75 Å². The van der Waals surface area contributed by atoms with Crippen LogP contribution in [0.5, 0.6) is 5.75 Å². The third kappa shape index (κ3) is 4.88. The molecular weight excluding hydrogens is 416 g/mol. The van der Waals surface area contributed by atoms with E-state index in [1.54, 1.807) is 30.1 Å². The minimum Gasteiger partial charge on any atom is -0.490 e. The topological polar surface area (TPSA) is 103 Å². The molecule has 0 aliphatic carbocycles.